The molecule has 0 aromatic carbocycles. The topological polar surface area (TPSA) is 50.1 Å². The standard InChI is InChI=1S/C13H25N3O/c1-4-16-10-12(9-15-16)8-14-11-13(2,3)6-5-7-17/h9-10,14,17H,4-8,11H2,1-3H3. The highest BCUT2D eigenvalue weighted by atomic mass is 16.2. The van der Waals surface area contributed by atoms with Crippen molar-refractivity contribution < 1.29 is 5.11 Å². The highest BCUT2D eigenvalue weighted by molar-refractivity contribution is 5.03. The molecule has 0 saturated heterocycles. The summed E-state index contributed by atoms with van der Waals surface area (Å²) in [5.41, 5.74) is 1.47. The number of rotatable bonds is 8. The van der Waals surface area contributed by atoms with Gasteiger partial charge < -0.3 is 10.4 Å². The van der Waals surface area contributed by atoms with Crippen molar-refractivity contribution in [3.05, 3.63) is 18.0 Å². The first-order valence-corrected chi connectivity index (χ1v) is 6.40. The lowest BCUT2D eigenvalue weighted by molar-refractivity contribution is 0.236. The summed E-state index contributed by atoms with van der Waals surface area (Å²) >= 11 is 0. The van der Waals surface area contributed by atoms with E-state index < -0.39 is 0 Å². The fourth-order valence-electron chi connectivity index (χ4n) is 1.86. The molecule has 0 spiro atoms. The van der Waals surface area contributed by atoms with Gasteiger partial charge in [0.15, 0.2) is 0 Å². The number of nitrogens with one attached hydrogen (secondary N) is 1. The number of aliphatic hydroxyl groups is 1. The second-order valence-electron chi connectivity index (χ2n) is 5.30. The van der Waals surface area contributed by atoms with Gasteiger partial charge in [0.2, 0.25) is 0 Å². The zero-order chi connectivity index (χ0) is 12.7. The van der Waals surface area contributed by atoms with Crippen molar-refractivity contribution in [1.82, 2.24) is 15.1 Å². The summed E-state index contributed by atoms with van der Waals surface area (Å²) < 4.78 is 1.94. The van der Waals surface area contributed by atoms with Gasteiger partial charge in [-0.05, 0) is 25.2 Å². The zero-order valence-corrected chi connectivity index (χ0v) is 11.2. The van der Waals surface area contributed by atoms with Crippen molar-refractivity contribution in [2.24, 2.45) is 5.41 Å². The molecule has 17 heavy (non-hydrogen) atoms. The van der Waals surface area contributed by atoms with Gasteiger partial charge in [-0.25, -0.2) is 0 Å². The van der Waals surface area contributed by atoms with E-state index in [1.165, 1.54) is 5.56 Å². The molecular formula is C13H25N3O. The normalized spacial score (nSPS) is 12.0. The first kappa shape index (κ1) is 14.2. The highest BCUT2D eigenvalue weighted by Crippen LogP contribution is 2.20. The molecule has 0 fully saturated rings. The Hall–Kier alpha value is -0.870. The molecule has 4 heteroatoms. The van der Waals surface area contributed by atoms with Crippen LogP contribution in [0.1, 0.15) is 39.2 Å². The summed E-state index contributed by atoms with van der Waals surface area (Å²) in [5, 5.41) is 16.5. The van der Waals surface area contributed by atoms with Crippen LogP contribution in [0.5, 0.6) is 0 Å². The van der Waals surface area contributed by atoms with Crippen molar-refractivity contribution in [2.45, 2.75) is 46.7 Å². The molecule has 0 saturated carbocycles. The van der Waals surface area contributed by atoms with Crippen LogP contribution in [0, 0.1) is 5.41 Å². The van der Waals surface area contributed by atoms with Crippen LogP contribution in [0.25, 0.3) is 0 Å². The lowest BCUT2D eigenvalue weighted by Crippen LogP contribution is -2.29. The minimum atomic E-state index is 0.240. The minimum Gasteiger partial charge on any atom is -0.396 e. The monoisotopic (exact) mass is 239 g/mol. The molecule has 98 valence electrons. The Morgan fingerprint density at radius 2 is 2.24 bits per heavy atom. The first-order valence-electron chi connectivity index (χ1n) is 6.40. The molecule has 0 bridgehead atoms. The van der Waals surface area contributed by atoms with Gasteiger partial charge in [-0.1, -0.05) is 13.8 Å². The van der Waals surface area contributed by atoms with Crippen molar-refractivity contribution in [3.8, 4) is 0 Å². The number of nitrogens with zero attached hydrogens (tertiary/aromatic N) is 2. The minimum absolute atomic E-state index is 0.240. The number of hydrogen-bond donors (Lipinski definition) is 2. The SMILES string of the molecule is CCn1cc(CNCC(C)(C)CCCO)cn1. The Bertz CT molecular complexity index is 320. The van der Waals surface area contributed by atoms with Gasteiger partial charge in [-0.2, -0.15) is 5.10 Å². The molecule has 0 radical (unpaired) electrons. The molecule has 0 atom stereocenters. The Labute approximate surface area is 104 Å². The van der Waals surface area contributed by atoms with E-state index in [1.807, 2.05) is 10.9 Å². The van der Waals surface area contributed by atoms with Crippen LogP contribution in [0.4, 0.5) is 0 Å². The summed E-state index contributed by atoms with van der Waals surface area (Å²) in [5.74, 6) is 0. The van der Waals surface area contributed by atoms with Gasteiger partial charge in [0.05, 0.1) is 6.20 Å². The van der Waals surface area contributed by atoms with Gasteiger partial charge in [-0.3, -0.25) is 4.68 Å². The van der Waals surface area contributed by atoms with Crippen LogP contribution in [0.3, 0.4) is 0 Å². The predicted octanol–water partition coefficient (Wildman–Crippen LogP) is 1.79. The second-order valence-corrected chi connectivity index (χ2v) is 5.30. The average molecular weight is 239 g/mol. The van der Waals surface area contributed by atoms with Gasteiger partial charge in [0.25, 0.3) is 0 Å². The number of aromatic nitrogens is 2. The number of aliphatic hydroxyl groups excluding tert-OH is 1. The fraction of sp³-hybridized carbons (Fsp3) is 0.769. The van der Waals surface area contributed by atoms with E-state index in [0.717, 1.165) is 32.5 Å². The van der Waals surface area contributed by atoms with Gasteiger partial charge in [0, 0.05) is 38.0 Å². The molecule has 0 aliphatic rings. The molecule has 2 N–H and O–H groups in total. The van der Waals surface area contributed by atoms with E-state index in [-0.39, 0.29) is 12.0 Å². The van der Waals surface area contributed by atoms with Crippen LogP contribution >= 0.6 is 0 Å². The third-order valence-electron chi connectivity index (χ3n) is 2.96. The van der Waals surface area contributed by atoms with Gasteiger partial charge >= 0.3 is 0 Å². The van der Waals surface area contributed by atoms with Crippen molar-refractivity contribution in [2.75, 3.05) is 13.2 Å². The highest BCUT2D eigenvalue weighted by Gasteiger charge is 2.16. The van der Waals surface area contributed by atoms with E-state index in [9.17, 15) is 0 Å². The van der Waals surface area contributed by atoms with Crippen LogP contribution in [0.15, 0.2) is 12.4 Å². The maximum absolute atomic E-state index is 8.83. The summed E-state index contributed by atoms with van der Waals surface area (Å²) in [7, 11) is 0. The molecule has 4 nitrogen and oxygen atoms in total. The quantitative estimate of drug-likeness (QED) is 0.727. The van der Waals surface area contributed by atoms with E-state index in [4.69, 9.17) is 5.11 Å². The van der Waals surface area contributed by atoms with Crippen LogP contribution in [-0.4, -0.2) is 28.0 Å². The predicted molar refractivity (Wildman–Crippen MR) is 69.7 cm³/mol. The van der Waals surface area contributed by atoms with E-state index in [2.05, 4.69) is 37.4 Å². The maximum atomic E-state index is 8.83. The zero-order valence-electron chi connectivity index (χ0n) is 11.2. The molecule has 0 unspecified atom stereocenters. The summed E-state index contributed by atoms with van der Waals surface area (Å²) in [4.78, 5) is 0. The molecule has 0 amide bonds. The van der Waals surface area contributed by atoms with Gasteiger partial charge in [0.1, 0.15) is 0 Å². The number of hydrogen-bond acceptors (Lipinski definition) is 3. The Morgan fingerprint density at radius 1 is 1.47 bits per heavy atom. The summed E-state index contributed by atoms with van der Waals surface area (Å²) in [6.45, 7) is 9.57. The van der Waals surface area contributed by atoms with Crippen molar-refractivity contribution >= 4 is 0 Å². The second kappa shape index (κ2) is 6.77. The summed E-state index contributed by atoms with van der Waals surface area (Å²) in [6.07, 6.45) is 5.91. The Kier molecular flexibility index (Phi) is 5.65. The van der Waals surface area contributed by atoms with E-state index >= 15 is 0 Å². The largest absolute Gasteiger partial charge is 0.396 e. The van der Waals surface area contributed by atoms with Crippen LogP contribution < -0.4 is 5.32 Å². The Morgan fingerprint density at radius 3 is 2.82 bits per heavy atom. The van der Waals surface area contributed by atoms with Crippen LogP contribution in [0.2, 0.25) is 0 Å². The van der Waals surface area contributed by atoms with E-state index in [1.54, 1.807) is 0 Å². The van der Waals surface area contributed by atoms with Crippen LogP contribution in [-0.2, 0) is 13.1 Å². The molecule has 0 aliphatic heterocycles. The molecule has 1 rings (SSSR count). The number of aryl methyl sites for hydroxylation is 1. The molecule has 1 aromatic rings. The summed E-state index contributed by atoms with van der Waals surface area (Å²) in [6, 6.07) is 0. The lowest BCUT2D eigenvalue weighted by atomic mass is 9.88. The molecule has 1 heterocycles. The smallest absolute Gasteiger partial charge is 0.0534 e. The third kappa shape index (κ3) is 5.33. The first-order chi connectivity index (χ1) is 8.07. The van der Waals surface area contributed by atoms with Gasteiger partial charge in [-0.15, -0.1) is 0 Å². The molecule has 0 aliphatic carbocycles. The average Bonchev–Trinajstić information content (AvgIpc) is 2.74. The Balaban J connectivity index is 2.26. The molecular weight excluding hydrogens is 214 g/mol. The maximum Gasteiger partial charge on any atom is 0.0534 e. The van der Waals surface area contributed by atoms with Crippen molar-refractivity contribution in [3.63, 3.8) is 0 Å². The third-order valence-corrected chi connectivity index (χ3v) is 2.96. The molecule has 1 aromatic heterocycles. The van der Waals surface area contributed by atoms with E-state index in [0.29, 0.717) is 0 Å². The lowest BCUT2D eigenvalue weighted by Gasteiger charge is -2.24. The fourth-order valence-corrected chi connectivity index (χ4v) is 1.86. The van der Waals surface area contributed by atoms with Crippen molar-refractivity contribution in [1.29, 1.82) is 0 Å².